The Morgan fingerprint density at radius 1 is 1.03 bits per heavy atom. The van der Waals surface area contributed by atoms with Crippen molar-refractivity contribution in [3.8, 4) is 0 Å². The van der Waals surface area contributed by atoms with Crippen molar-refractivity contribution in [2.45, 2.75) is 44.1 Å². The van der Waals surface area contributed by atoms with Crippen molar-refractivity contribution >= 4 is 39.0 Å². The number of fused-ring (bicyclic) bond motifs is 2. The summed E-state index contributed by atoms with van der Waals surface area (Å²) in [6.45, 7) is 4.57. The number of aryl methyl sites for hydroxylation is 3. The van der Waals surface area contributed by atoms with Gasteiger partial charge in [-0.3, -0.25) is 18.6 Å². The summed E-state index contributed by atoms with van der Waals surface area (Å²) in [5.41, 5.74) is 3.33. The average Bonchev–Trinajstić information content (AvgIpc) is 3.27. The highest BCUT2D eigenvalue weighted by Crippen LogP contribution is 2.26. The van der Waals surface area contributed by atoms with Crippen LogP contribution in [0.3, 0.4) is 0 Å². The van der Waals surface area contributed by atoms with E-state index in [0.29, 0.717) is 34.2 Å². The highest BCUT2D eigenvalue weighted by molar-refractivity contribution is 7.98. The van der Waals surface area contributed by atoms with Crippen molar-refractivity contribution in [2.24, 2.45) is 0 Å². The topological polar surface area (TPSA) is 69.3 Å². The molecule has 5 aromatic rings. The zero-order valence-corrected chi connectivity index (χ0v) is 20.7. The molecular formula is C26H24N4O2S2. The van der Waals surface area contributed by atoms with Crippen LogP contribution in [0.25, 0.3) is 15.9 Å². The van der Waals surface area contributed by atoms with Gasteiger partial charge in [0, 0.05) is 29.4 Å². The zero-order valence-electron chi connectivity index (χ0n) is 19.0. The van der Waals surface area contributed by atoms with E-state index >= 15 is 0 Å². The summed E-state index contributed by atoms with van der Waals surface area (Å²) in [5, 5.41) is 1.33. The van der Waals surface area contributed by atoms with Crippen LogP contribution in [0.4, 0.5) is 0 Å². The van der Waals surface area contributed by atoms with Crippen molar-refractivity contribution in [1.82, 2.24) is 18.9 Å². The number of aromatic nitrogens is 4. The van der Waals surface area contributed by atoms with Crippen LogP contribution in [0.2, 0.25) is 0 Å². The molecule has 0 saturated carbocycles. The van der Waals surface area contributed by atoms with Crippen LogP contribution in [-0.4, -0.2) is 18.9 Å². The molecule has 0 radical (unpaired) electrons. The van der Waals surface area contributed by atoms with Gasteiger partial charge in [0.15, 0.2) is 5.16 Å². The van der Waals surface area contributed by atoms with Crippen molar-refractivity contribution < 1.29 is 0 Å². The summed E-state index contributed by atoms with van der Waals surface area (Å²) in [7, 11) is 0. The maximum absolute atomic E-state index is 13.4. The van der Waals surface area contributed by atoms with Crippen LogP contribution in [0, 0.1) is 6.92 Å². The van der Waals surface area contributed by atoms with Gasteiger partial charge in [-0.1, -0.05) is 55.1 Å². The Labute approximate surface area is 205 Å². The van der Waals surface area contributed by atoms with Crippen molar-refractivity contribution in [2.75, 3.05) is 0 Å². The largest absolute Gasteiger partial charge is 0.287 e. The molecule has 172 valence electrons. The number of nitrogens with zero attached hydrogens (tertiary/aromatic N) is 4. The van der Waals surface area contributed by atoms with Crippen LogP contribution in [0.1, 0.15) is 28.6 Å². The summed E-state index contributed by atoms with van der Waals surface area (Å²) >= 11 is 3.02. The highest BCUT2D eigenvalue weighted by atomic mass is 32.2. The highest BCUT2D eigenvalue weighted by Gasteiger charge is 2.15. The first-order valence-corrected chi connectivity index (χ1v) is 13.0. The first-order chi connectivity index (χ1) is 16.5. The SMILES string of the molecule is CCc1cc2c(=O)n(CCc3ccccc3)c(SCc3cc(=O)n4cc(C)ccc4n3)nc2s1. The molecule has 0 unspecified atom stereocenters. The van der Waals surface area contributed by atoms with E-state index in [1.807, 2.05) is 43.3 Å². The number of pyridine rings is 1. The van der Waals surface area contributed by atoms with Crippen molar-refractivity contribution in [1.29, 1.82) is 0 Å². The second kappa shape index (κ2) is 9.56. The van der Waals surface area contributed by atoms with Crippen LogP contribution in [0.5, 0.6) is 0 Å². The Morgan fingerprint density at radius 2 is 1.85 bits per heavy atom. The van der Waals surface area contributed by atoms with E-state index in [1.54, 1.807) is 32.6 Å². The van der Waals surface area contributed by atoms with Gasteiger partial charge in [0.05, 0.1) is 11.1 Å². The van der Waals surface area contributed by atoms with E-state index in [2.05, 4.69) is 24.0 Å². The number of rotatable bonds is 7. The minimum atomic E-state index is -0.111. The molecule has 0 aliphatic rings. The molecule has 34 heavy (non-hydrogen) atoms. The van der Waals surface area contributed by atoms with Crippen LogP contribution < -0.4 is 11.1 Å². The van der Waals surface area contributed by atoms with Crippen molar-refractivity contribution in [3.63, 3.8) is 0 Å². The van der Waals surface area contributed by atoms with E-state index in [-0.39, 0.29) is 11.1 Å². The molecule has 0 aliphatic carbocycles. The van der Waals surface area contributed by atoms with Gasteiger partial charge in [-0.25, -0.2) is 9.97 Å². The fourth-order valence-electron chi connectivity index (χ4n) is 3.88. The molecular weight excluding hydrogens is 464 g/mol. The molecule has 0 amide bonds. The molecule has 1 aromatic carbocycles. The molecule has 0 saturated heterocycles. The Hall–Kier alpha value is -3.23. The molecule has 4 heterocycles. The Morgan fingerprint density at radius 3 is 2.65 bits per heavy atom. The molecule has 0 atom stereocenters. The molecule has 0 aliphatic heterocycles. The maximum atomic E-state index is 13.4. The number of hydrogen-bond donors (Lipinski definition) is 0. The summed E-state index contributed by atoms with van der Waals surface area (Å²) in [5.74, 6) is 0.453. The van der Waals surface area contributed by atoms with Gasteiger partial charge in [-0.2, -0.15) is 0 Å². The quantitative estimate of drug-likeness (QED) is 0.241. The fourth-order valence-corrected chi connectivity index (χ4v) is 5.81. The lowest BCUT2D eigenvalue weighted by molar-refractivity contribution is 0.596. The van der Waals surface area contributed by atoms with Gasteiger partial charge in [0.25, 0.3) is 11.1 Å². The van der Waals surface area contributed by atoms with Gasteiger partial charge < -0.3 is 0 Å². The lowest BCUT2D eigenvalue weighted by Gasteiger charge is -2.12. The Kier molecular flexibility index (Phi) is 6.34. The summed E-state index contributed by atoms with van der Waals surface area (Å²) in [6, 6.07) is 17.5. The van der Waals surface area contributed by atoms with Crippen LogP contribution in [-0.2, 0) is 25.1 Å². The minimum absolute atomic E-state index is 0.0126. The normalized spacial score (nSPS) is 11.5. The molecule has 0 fully saturated rings. The fraction of sp³-hybridized carbons (Fsp3) is 0.231. The number of thioether (sulfide) groups is 1. The summed E-state index contributed by atoms with van der Waals surface area (Å²) in [6.07, 6.45) is 3.40. The van der Waals surface area contributed by atoms with E-state index in [0.717, 1.165) is 28.1 Å². The first-order valence-electron chi connectivity index (χ1n) is 11.2. The van der Waals surface area contributed by atoms with Gasteiger partial charge in [0.1, 0.15) is 10.5 Å². The number of hydrogen-bond acceptors (Lipinski definition) is 6. The summed E-state index contributed by atoms with van der Waals surface area (Å²) < 4.78 is 3.32. The van der Waals surface area contributed by atoms with E-state index in [9.17, 15) is 9.59 Å². The average molecular weight is 489 g/mol. The van der Waals surface area contributed by atoms with Gasteiger partial charge in [-0.05, 0) is 43.0 Å². The Bertz CT molecular complexity index is 1600. The predicted molar refractivity (Wildman–Crippen MR) is 139 cm³/mol. The predicted octanol–water partition coefficient (Wildman–Crippen LogP) is 4.87. The standard InChI is InChI=1S/C26H24N4O2S2/c1-3-20-14-21-24(34-20)28-26(29(25(21)32)12-11-18-7-5-4-6-8-18)33-16-19-13-23(31)30-15-17(2)9-10-22(30)27-19/h4-10,13-15H,3,11-12,16H2,1-2H3. The molecule has 4 aromatic heterocycles. The lowest BCUT2D eigenvalue weighted by Crippen LogP contribution is -2.24. The van der Waals surface area contributed by atoms with Crippen LogP contribution in [0.15, 0.2) is 75.5 Å². The van der Waals surface area contributed by atoms with E-state index in [4.69, 9.17) is 4.98 Å². The monoisotopic (exact) mass is 488 g/mol. The van der Waals surface area contributed by atoms with Gasteiger partial charge in [-0.15, -0.1) is 11.3 Å². The molecule has 5 rings (SSSR count). The van der Waals surface area contributed by atoms with Crippen LogP contribution >= 0.6 is 23.1 Å². The number of benzene rings is 1. The molecule has 0 N–H and O–H groups in total. The third kappa shape index (κ3) is 4.56. The first kappa shape index (κ1) is 22.6. The third-order valence-corrected chi connectivity index (χ3v) is 7.88. The number of thiophene rings is 1. The van der Waals surface area contributed by atoms with E-state index in [1.165, 1.54) is 17.3 Å². The molecule has 0 bridgehead atoms. The molecule has 0 spiro atoms. The third-order valence-electron chi connectivity index (χ3n) is 5.69. The second-order valence-corrected chi connectivity index (χ2v) is 10.2. The van der Waals surface area contributed by atoms with Gasteiger partial charge in [0.2, 0.25) is 0 Å². The Balaban J connectivity index is 1.49. The minimum Gasteiger partial charge on any atom is -0.287 e. The maximum Gasteiger partial charge on any atom is 0.262 e. The lowest BCUT2D eigenvalue weighted by atomic mass is 10.1. The summed E-state index contributed by atoms with van der Waals surface area (Å²) in [4.78, 5) is 37.4. The second-order valence-electron chi connectivity index (χ2n) is 8.18. The van der Waals surface area contributed by atoms with Crippen molar-refractivity contribution in [3.05, 3.63) is 103 Å². The zero-order chi connectivity index (χ0) is 23.7. The smallest absolute Gasteiger partial charge is 0.262 e. The van der Waals surface area contributed by atoms with E-state index < -0.39 is 0 Å². The molecule has 8 heteroatoms. The van der Waals surface area contributed by atoms with Gasteiger partial charge >= 0.3 is 0 Å². The molecule has 6 nitrogen and oxygen atoms in total.